The first kappa shape index (κ1) is 24.1. The van der Waals surface area contributed by atoms with E-state index in [-0.39, 0.29) is 17.5 Å². The van der Waals surface area contributed by atoms with Crippen LogP contribution in [0.2, 0.25) is 0 Å². The van der Waals surface area contributed by atoms with Gasteiger partial charge in [-0.15, -0.1) is 5.10 Å². The molecule has 2 aromatic heterocycles. The van der Waals surface area contributed by atoms with Gasteiger partial charge in [-0.1, -0.05) is 12.1 Å². The summed E-state index contributed by atoms with van der Waals surface area (Å²) < 4.78 is 26.6. The number of aromatic amines is 1. The minimum absolute atomic E-state index is 0.0978. The fraction of sp³-hybridized carbons (Fsp3) is 0.385. The van der Waals surface area contributed by atoms with Crippen LogP contribution in [0, 0.1) is 5.82 Å². The first-order valence-electron chi connectivity index (χ1n) is 12.2. The summed E-state index contributed by atoms with van der Waals surface area (Å²) in [4.78, 5) is 18.0. The van der Waals surface area contributed by atoms with E-state index in [0.717, 1.165) is 41.7 Å². The minimum Gasteiger partial charge on any atom is -0.494 e. The normalized spacial score (nSPS) is 15.7. The van der Waals surface area contributed by atoms with Crippen LogP contribution in [0.1, 0.15) is 36.7 Å². The topological polar surface area (TPSA) is 98.2 Å². The van der Waals surface area contributed by atoms with Gasteiger partial charge in [-0.25, -0.2) is 9.07 Å². The zero-order valence-electron chi connectivity index (χ0n) is 20.2. The van der Waals surface area contributed by atoms with Gasteiger partial charge >= 0.3 is 0 Å². The summed E-state index contributed by atoms with van der Waals surface area (Å²) in [6.45, 7) is 5.10. The molecular formula is C26H29FN6O3. The summed E-state index contributed by atoms with van der Waals surface area (Å²) in [5.41, 5.74) is 2.12. The van der Waals surface area contributed by atoms with Gasteiger partial charge in [0, 0.05) is 36.2 Å². The highest BCUT2D eigenvalue weighted by Crippen LogP contribution is 2.21. The molecule has 0 bridgehead atoms. The molecule has 1 fully saturated rings. The van der Waals surface area contributed by atoms with Gasteiger partial charge in [0.15, 0.2) is 5.82 Å². The molecule has 1 saturated heterocycles. The Morgan fingerprint density at radius 3 is 2.81 bits per heavy atom. The second-order valence-corrected chi connectivity index (χ2v) is 8.99. The molecule has 9 nitrogen and oxygen atoms in total. The summed E-state index contributed by atoms with van der Waals surface area (Å²) in [7, 11) is 0. The molecule has 188 valence electrons. The van der Waals surface area contributed by atoms with E-state index in [9.17, 15) is 9.18 Å². The number of fused-ring (bicyclic) bond motifs is 1. The predicted molar refractivity (Wildman–Crippen MR) is 132 cm³/mol. The number of rotatable bonds is 10. The summed E-state index contributed by atoms with van der Waals surface area (Å²) in [5.74, 6) is 1.14. The average molecular weight is 493 g/mol. The number of ether oxygens (including phenoxy) is 2. The molecule has 36 heavy (non-hydrogen) atoms. The molecule has 0 aliphatic carbocycles. The van der Waals surface area contributed by atoms with Gasteiger partial charge < -0.3 is 14.5 Å². The Labute approximate surface area is 207 Å². The molecule has 2 aromatic carbocycles. The SMILES string of the molecule is CCOc1ccc2[nH]c(=O)c(CN(Cc3ccc(F)cc3)Cc3nnnn3C[C@@H]3CCCO3)cc2c1. The number of nitrogens with zero attached hydrogens (tertiary/aromatic N) is 5. The van der Waals surface area contributed by atoms with Gasteiger partial charge in [0.25, 0.3) is 5.56 Å². The zero-order chi connectivity index (χ0) is 24.9. The predicted octanol–water partition coefficient (Wildman–Crippen LogP) is 3.43. The molecule has 0 radical (unpaired) electrons. The molecule has 5 rings (SSSR count). The third-order valence-corrected chi connectivity index (χ3v) is 6.29. The molecule has 0 amide bonds. The molecule has 1 aliphatic rings. The second kappa shape index (κ2) is 11.0. The maximum absolute atomic E-state index is 13.5. The summed E-state index contributed by atoms with van der Waals surface area (Å²) >= 11 is 0. The van der Waals surface area contributed by atoms with E-state index in [2.05, 4.69) is 25.4 Å². The fourth-order valence-electron chi connectivity index (χ4n) is 4.52. The number of pyridine rings is 1. The molecule has 10 heteroatoms. The lowest BCUT2D eigenvalue weighted by Crippen LogP contribution is -2.29. The van der Waals surface area contributed by atoms with Crippen molar-refractivity contribution in [3.05, 3.63) is 81.7 Å². The van der Waals surface area contributed by atoms with Crippen molar-refractivity contribution in [3.8, 4) is 5.75 Å². The summed E-state index contributed by atoms with van der Waals surface area (Å²) in [6, 6.07) is 13.9. The average Bonchev–Trinajstić information content (AvgIpc) is 3.54. The van der Waals surface area contributed by atoms with Crippen LogP contribution >= 0.6 is 0 Å². The van der Waals surface area contributed by atoms with E-state index in [1.807, 2.05) is 31.2 Å². The van der Waals surface area contributed by atoms with Crippen LogP contribution in [0.4, 0.5) is 4.39 Å². The van der Waals surface area contributed by atoms with Crippen LogP contribution in [0.3, 0.4) is 0 Å². The van der Waals surface area contributed by atoms with Crippen molar-refractivity contribution in [2.75, 3.05) is 13.2 Å². The lowest BCUT2D eigenvalue weighted by Gasteiger charge is -2.22. The molecule has 1 N–H and O–H groups in total. The van der Waals surface area contributed by atoms with Crippen LogP contribution in [0.15, 0.2) is 53.3 Å². The third-order valence-electron chi connectivity index (χ3n) is 6.29. The number of nitrogens with one attached hydrogen (secondary N) is 1. The van der Waals surface area contributed by atoms with Gasteiger partial charge in [0.2, 0.25) is 0 Å². The van der Waals surface area contributed by atoms with Crippen LogP contribution in [-0.2, 0) is 30.9 Å². The lowest BCUT2D eigenvalue weighted by atomic mass is 10.1. The number of halogens is 1. The number of tetrazole rings is 1. The quantitative estimate of drug-likeness (QED) is 0.362. The Balaban J connectivity index is 1.42. The van der Waals surface area contributed by atoms with Gasteiger partial charge in [-0.05, 0) is 72.2 Å². The Bertz CT molecular complexity index is 1360. The van der Waals surface area contributed by atoms with Crippen molar-refractivity contribution in [1.82, 2.24) is 30.1 Å². The maximum Gasteiger partial charge on any atom is 0.252 e. The van der Waals surface area contributed by atoms with Crippen molar-refractivity contribution < 1.29 is 13.9 Å². The summed E-state index contributed by atoms with van der Waals surface area (Å²) in [6.07, 6.45) is 2.12. The first-order valence-corrected chi connectivity index (χ1v) is 12.2. The van der Waals surface area contributed by atoms with Crippen molar-refractivity contribution in [2.24, 2.45) is 0 Å². The number of hydrogen-bond acceptors (Lipinski definition) is 7. The fourth-order valence-corrected chi connectivity index (χ4v) is 4.52. The molecular weight excluding hydrogens is 463 g/mol. The van der Waals surface area contributed by atoms with Crippen molar-refractivity contribution in [1.29, 1.82) is 0 Å². The van der Waals surface area contributed by atoms with E-state index >= 15 is 0 Å². The van der Waals surface area contributed by atoms with Gasteiger partial charge in [-0.2, -0.15) is 0 Å². The largest absolute Gasteiger partial charge is 0.494 e. The van der Waals surface area contributed by atoms with Crippen LogP contribution < -0.4 is 10.3 Å². The number of benzene rings is 2. The monoisotopic (exact) mass is 492 g/mol. The molecule has 4 aromatic rings. The number of aromatic nitrogens is 5. The number of hydrogen-bond donors (Lipinski definition) is 1. The third kappa shape index (κ3) is 5.77. The smallest absolute Gasteiger partial charge is 0.252 e. The van der Waals surface area contributed by atoms with E-state index < -0.39 is 0 Å². The first-order chi connectivity index (χ1) is 17.6. The van der Waals surface area contributed by atoms with Crippen LogP contribution in [-0.4, -0.2) is 49.4 Å². The Kier molecular flexibility index (Phi) is 7.33. The maximum atomic E-state index is 13.5. The molecule has 1 atom stereocenters. The van der Waals surface area contributed by atoms with E-state index in [1.54, 1.807) is 16.8 Å². The van der Waals surface area contributed by atoms with E-state index in [1.165, 1.54) is 12.1 Å². The van der Waals surface area contributed by atoms with Crippen molar-refractivity contribution in [3.63, 3.8) is 0 Å². The summed E-state index contributed by atoms with van der Waals surface area (Å²) in [5, 5.41) is 13.2. The zero-order valence-corrected chi connectivity index (χ0v) is 20.2. The molecule has 1 aliphatic heterocycles. The van der Waals surface area contributed by atoms with Gasteiger partial charge in [0.05, 0.1) is 25.8 Å². The highest BCUT2D eigenvalue weighted by molar-refractivity contribution is 5.80. The van der Waals surface area contributed by atoms with Gasteiger partial charge in [0.1, 0.15) is 11.6 Å². The molecule has 0 unspecified atom stereocenters. The Morgan fingerprint density at radius 2 is 2.03 bits per heavy atom. The second-order valence-electron chi connectivity index (χ2n) is 8.99. The molecule has 0 spiro atoms. The Morgan fingerprint density at radius 1 is 1.17 bits per heavy atom. The highest BCUT2D eigenvalue weighted by Gasteiger charge is 2.21. The standard InChI is InChI=1S/C26H29FN6O3/c1-2-35-22-9-10-24-19(13-22)12-20(26(34)28-24)15-32(14-18-5-7-21(27)8-6-18)17-25-29-30-31-33(25)16-23-4-3-11-36-23/h5-10,12-13,23H,2-4,11,14-17H2,1H3,(H,28,34)/t23-/m0/s1. The molecule has 3 heterocycles. The Hall–Kier alpha value is -3.63. The van der Waals surface area contributed by atoms with E-state index in [0.29, 0.717) is 44.2 Å². The van der Waals surface area contributed by atoms with Crippen molar-refractivity contribution >= 4 is 10.9 Å². The number of H-pyrrole nitrogens is 1. The van der Waals surface area contributed by atoms with Crippen molar-refractivity contribution in [2.45, 2.75) is 52.0 Å². The van der Waals surface area contributed by atoms with Crippen LogP contribution in [0.25, 0.3) is 10.9 Å². The molecule has 0 saturated carbocycles. The van der Waals surface area contributed by atoms with Crippen LogP contribution in [0.5, 0.6) is 5.75 Å². The van der Waals surface area contributed by atoms with E-state index in [4.69, 9.17) is 9.47 Å². The van der Waals surface area contributed by atoms with Gasteiger partial charge in [-0.3, -0.25) is 9.69 Å². The highest BCUT2D eigenvalue weighted by atomic mass is 19.1. The minimum atomic E-state index is -0.290. The lowest BCUT2D eigenvalue weighted by molar-refractivity contribution is 0.0914.